The summed E-state index contributed by atoms with van der Waals surface area (Å²) in [4.78, 5) is 36.3. The van der Waals surface area contributed by atoms with Gasteiger partial charge in [0, 0.05) is 0 Å². The topological polar surface area (TPSA) is 135 Å². The van der Waals surface area contributed by atoms with Gasteiger partial charge in [-0.05, 0) is 25.7 Å². The molecule has 0 aromatic heterocycles. The van der Waals surface area contributed by atoms with Crippen molar-refractivity contribution in [2.45, 2.75) is 30.8 Å². The van der Waals surface area contributed by atoms with E-state index in [4.69, 9.17) is 19.6 Å². The minimum atomic E-state index is -5.33. The predicted molar refractivity (Wildman–Crippen MR) is 92.2 cm³/mol. The maximum absolute atomic E-state index is 11.2. The lowest BCUT2D eigenvalue weighted by Crippen LogP contribution is -2.49. The van der Waals surface area contributed by atoms with Gasteiger partial charge >= 0.3 is 15.2 Å². The lowest BCUT2D eigenvalue weighted by Gasteiger charge is -2.33. The molecule has 0 aromatic rings. The average molecular weight is 392 g/mol. The Kier molecular flexibility index (Phi) is 8.31. The Morgan fingerprint density at radius 1 is 0.750 bits per heavy atom. The summed E-state index contributed by atoms with van der Waals surface area (Å²) < 4.78 is 24.1. The SMILES string of the molecule is C[N+](C)(C)CC[N+](C)(C)CCCCCC(O)(P(=O)(O)O)P(=O)(O)O. The zero-order valence-electron chi connectivity index (χ0n) is 15.3. The Morgan fingerprint density at radius 2 is 1.21 bits per heavy atom. The van der Waals surface area contributed by atoms with Crippen molar-refractivity contribution in [1.29, 1.82) is 0 Å². The van der Waals surface area contributed by atoms with Gasteiger partial charge in [0.2, 0.25) is 0 Å². The summed E-state index contributed by atoms with van der Waals surface area (Å²) in [6.45, 7) is 2.81. The monoisotopic (exact) mass is 392 g/mol. The molecule has 11 heteroatoms. The summed E-state index contributed by atoms with van der Waals surface area (Å²) in [6.07, 6.45) is 0.757. The zero-order chi connectivity index (χ0) is 19.4. The van der Waals surface area contributed by atoms with Gasteiger partial charge in [-0.1, -0.05) is 0 Å². The van der Waals surface area contributed by atoms with E-state index in [1.807, 2.05) is 0 Å². The van der Waals surface area contributed by atoms with Crippen molar-refractivity contribution < 1.29 is 42.8 Å². The van der Waals surface area contributed by atoms with Crippen molar-refractivity contribution in [3.8, 4) is 0 Å². The van der Waals surface area contributed by atoms with Crippen LogP contribution in [0.1, 0.15) is 25.7 Å². The van der Waals surface area contributed by atoms with Crippen LogP contribution < -0.4 is 0 Å². The summed E-state index contributed by atoms with van der Waals surface area (Å²) >= 11 is 0. The molecule has 0 aliphatic rings. The van der Waals surface area contributed by atoms with Crippen LogP contribution in [-0.2, 0) is 9.13 Å². The molecule has 0 atom stereocenters. The van der Waals surface area contributed by atoms with E-state index in [9.17, 15) is 14.2 Å². The molecule has 0 aliphatic carbocycles. The van der Waals surface area contributed by atoms with Crippen molar-refractivity contribution in [2.75, 3.05) is 54.9 Å². The van der Waals surface area contributed by atoms with E-state index in [1.165, 1.54) is 0 Å². The molecule has 0 heterocycles. The molecule has 9 nitrogen and oxygen atoms in total. The van der Waals surface area contributed by atoms with Crippen LogP contribution in [0.5, 0.6) is 0 Å². The number of nitrogens with zero attached hydrogens (tertiary/aromatic N) is 2. The quantitative estimate of drug-likeness (QED) is 0.194. The highest BCUT2D eigenvalue weighted by Crippen LogP contribution is 2.69. The Labute approximate surface area is 144 Å². The molecular formula is C13H34N2O7P2+2. The third-order valence-electron chi connectivity index (χ3n) is 4.08. The minimum absolute atomic E-state index is 0.127. The van der Waals surface area contributed by atoms with E-state index in [-0.39, 0.29) is 6.42 Å². The van der Waals surface area contributed by atoms with Gasteiger partial charge in [-0.3, -0.25) is 9.13 Å². The standard InChI is InChI=1S/C13H32N2O7P2/c1-14(2,3)11-12-15(4,5)10-8-6-7-9-13(16,23(17,18)19)24(20,21)22/h16H,6-12H2,1-5H3,(H2-2,17,18,19,20,21,22)/p+2. The molecular weight excluding hydrogens is 358 g/mol. The predicted octanol–water partition coefficient (Wildman–Crippen LogP) is 0.331. The van der Waals surface area contributed by atoms with Crippen LogP contribution in [0.15, 0.2) is 0 Å². The highest BCUT2D eigenvalue weighted by Gasteiger charge is 2.58. The van der Waals surface area contributed by atoms with Crippen molar-refractivity contribution in [3.63, 3.8) is 0 Å². The van der Waals surface area contributed by atoms with Gasteiger partial charge in [0.15, 0.2) is 0 Å². The fraction of sp³-hybridized carbons (Fsp3) is 1.00. The van der Waals surface area contributed by atoms with Crippen LogP contribution in [0.3, 0.4) is 0 Å². The van der Waals surface area contributed by atoms with E-state index in [2.05, 4.69) is 35.2 Å². The Balaban J connectivity index is 4.43. The van der Waals surface area contributed by atoms with Gasteiger partial charge in [-0.25, -0.2) is 0 Å². The molecule has 0 saturated heterocycles. The normalized spacial score (nSPS) is 14.9. The largest absolute Gasteiger partial charge is 0.369 e. The van der Waals surface area contributed by atoms with Crippen LogP contribution in [-0.4, -0.2) is 93.6 Å². The Hall–Kier alpha value is 0.180. The smallest absolute Gasteiger partial charge is 0.368 e. The number of likely N-dealkylation sites (N-methyl/N-ethyl adjacent to an activating group) is 2. The molecule has 0 saturated carbocycles. The van der Waals surface area contributed by atoms with Crippen LogP contribution in [0, 0.1) is 0 Å². The molecule has 0 spiro atoms. The number of quaternary nitrogens is 2. The number of hydrogen-bond acceptors (Lipinski definition) is 3. The van der Waals surface area contributed by atoms with Crippen molar-refractivity contribution >= 4 is 15.2 Å². The Morgan fingerprint density at radius 3 is 1.58 bits per heavy atom. The molecule has 5 N–H and O–H groups in total. The highest BCUT2D eigenvalue weighted by molar-refractivity contribution is 7.72. The number of hydrogen-bond donors (Lipinski definition) is 5. The molecule has 0 unspecified atom stereocenters. The second-order valence-electron chi connectivity index (χ2n) is 8.07. The van der Waals surface area contributed by atoms with Crippen LogP contribution in [0.2, 0.25) is 0 Å². The molecule has 0 aliphatic heterocycles. The first-order chi connectivity index (χ1) is 10.4. The van der Waals surface area contributed by atoms with E-state index >= 15 is 0 Å². The highest BCUT2D eigenvalue weighted by atomic mass is 31.2. The van der Waals surface area contributed by atoms with Gasteiger partial charge in [0.1, 0.15) is 13.1 Å². The van der Waals surface area contributed by atoms with Gasteiger partial charge in [-0.2, -0.15) is 0 Å². The van der Waals surface area contributed by atoms with E-state index < -0.39 is 26.7 Å². The minimum Gasteiger partial charge on any atom is -0.368 e. The average Bonchev–Trinajstić information content (AvgIpc) is 2.32. The maximum atomic E-state index is 11.2. The van der Waals surface area contributed by atoms with Crippen LogP contribution in [0.4, 0.5) is 0 Å². The first-order valence-corrected chi connectivity index (χ1v) is 11.1. The maximum Gasteiger partial charge on any atom is 0.369 e. The molecule has 24 heavy (non-hydrogen) atoms. The Bertz CT molecular complexity index is 471. The second-order valence-corrected chi connectivity index (χ2v) is 12.1. The summed E-state index contributed by atoms with van der Waals surface area (Å²) in [6, 6.07) is 0. The summed E-state index contributed by atoms with van der Waals surface area (Å²) in [5.41, 5.74) is 0. The summed E-state index contributed by atoms with van der Waals surface area (Å²) in [5.74, 6) is 0. The number of aliphatic hydroxyl groups is 1. The summed E-state index contributed by atoms with van der Waals surface area (Å²) in [7, 11) is -0.129. The number of rotatable bonds is 11. The molecule has 0 fully saturated rings. The fourth-order valence-corrected chi connectivity index (χ4v) is 4.48. The second kappa shape index (κ2) is 8.25. The molecule has 0 aromatic carbocycles. The third kappa shape index (κ3) is 8.04. The molecule has 0 radical (unpaired) electrons. The van der Waals surface area contributed by atoms with Crippen molar-refractivity contribution in [1.82, 2.24) is 0 Å². The number of unbranched alkanes of at least 4 members (excludes halogenated alkanes) is 2. The van der Waals surface area contributed by atoms with Crippen molar-refractivity contribution in [2.24, 2.45) is 0 Å². The molecule has 0 amide bonds. The first-order valence-electron chi connectivity index (χ1n) is 7.87. The van der Waals surface area contributed by atoms with Gasteiger partial charge in [-0.15, -0.1) is 0 Å². The molecule has 146 valence electrons. The van der Waals surface area contributed by atoms with E-state index in [0.717, 1.165) is 35.0 Å². The zero-order valence-corrected chi connectivity index (χ0v) is 17.1. The lowest BCUT2D eigenvalue weighted by molar-refractivity contribution is -0.937. The fourth-order valence-electron chi connectivity index (χ4n) is 2.22. The van der Waals surface area contributed by atoms with Gasteiger partial charge < -0.3 is 33.6 Å². The van der Waals surface area contributed by atoms with E-state index in [0.29, 0.717) is 6.42 Å². The first kappa shape index (κ1) is 24.2. The van der Waals surface area contributed by atoms with Gasteiger partial charge in [0.05, 0.1) is 41.8 Å². The van der Waals surface area contributed by atoms with Crippen LogP contribution in [0.25, 0.3) is 0 Å². The van der Waals surface area contributed by atoms with Crippen molar-refractivity contribution in [3.05, 3.63) is 0 Å². The summed E-state index contributed by atoms with van der Waals surface area (Å²) in [5, 5.41) is 6.50. The van der Waals surface area contributed by atoms with Crippen LogP contribution >= 0.6 is 15.2 Å². The lowest BCUT2D eigenvalue weighted by atomic mass is 10.2. The molecule has 0 rings (SSSR count). The van der Waals surface area contributed by atoms with E-state index in [1.54, 1.807) is 0 Å². The molecule has 0 bridgehead atoms. The van der Waals surface area contributed by atoms with Gasteiger partial charge in [0.25, 0.3) is 5.08 Å². The third-order valence-corrected chi connectivity index (χ3v) is 7.96.